The van der Waals surface area contributed by atoms with Crippen LogP contribution in [-0.4, -0.2) is 23.1 Å². The molecule has 0 spiro atoms. The summed E-state index contributed by atoms with van der Waals surface area (Å²) in [6, 6.07) is 13.0. The molecule has 5 heteroatoms. The molecule has 0 aliphatic heterocycles. The molecule has 0 amide bonds. The van der Waals surface area contributed by atoms with Gasteiger partial charge in [0.05, 0.1) is 7.11 Å². The average Bonchev–Trinajstić information content (AvgIpc) is 2.53. The zero-order chi connectivity index (χ0) is 15.4. The topological polar surface area (TPSA) is 66.8 Å². The van der Waals surface area contributed by atoms with Crippen molar-refractivity contribution in [2.24, 2.45) is 0 Å². The Morgan fingerprint density at radius 3 is 2.24 bits per heavy atom. The van der Waals surface area contributed by atoms with E-state index in [1.54, 1.807) is 48.5 Å². The summed E-state index contributed by atoms with van der Waals surface area (Å²) >= 11 is 3.24. The van der Waals surface area contributed by atoms with E-state index in [9.17, 15) is 15.0 Å². The van der Waals surface area contributed by atoms with Crippen molar-refractivity contribution in [2.45, 2.75) is 0 Å². The smallest absolute Gasteiger partial charge is 0.232 e. The van der Waals surface area contributed by atoms with Gasteiger partial charge in [-0.05, 0) is 36.4 Å². The summed E-state index contributed by atoms with van der Waals surface area (Å²) in [6.07, 6.45) is 0. The maximum absolute atomic E-state index is 12.2. The molecule has 2 rings (SSSR count). The molecule has 2 aromatic rings. The van der Waals surface area contributed by atoms with Crippen molar-refractivity contribution in [1.29, 1.82) is 0 Å². The van der Waals surface area contributed by atoms with Gasteiger partial charge >= 0.3 is 0 Å². The molecule has 0 radical (unpaired) electrons. The van der Waals surface area contributed by atoms with Gasteiger partial charge in [0.15, 0.2) is 5.76 Å². The van der Waals surface area contributed by atoms with Crippen molar-refractivity contribution >= 4 is 27.5 Å². The fraction of sp³-hybridized carbons (Fsp3) is 0.0625. The SMILES string of the molecule is COc1ccc(/C(O)=C(\O)C(=O)c2ccccc2Br)cc1. The lowest BCUT2D eigenvalue weighted by molar-refractivity contribution is 0.0974. The van der Waals surface area contributed by atoms with Crippen molar-refractivity contribution in [2.75, 3.05) is 7.11 Å². The number of hydrogen-bond acceptors (Lipinski definition) is 4. The van der Waals surface area contributed by atoms with Gasteiger partial charge in [0.1, 0.15) is 5.75 Å². The summed E-state index contributed by atoms with van der Waals surface area (Å²) in [5.41, 5.74) is 0.601. The first-order valence-electron chi connectivity index (χ1n) is 6.10. The van der Waals surface area contributed by atoms with Crippen LogP contribution in [0.15, 0.2) is 58.8 Å². The van der Waals surface area contributed by atoms with Crippen LogP contribution in [0, 0.1) is 0 Å². The molecule has 0 aliphatic rings. The summed E-state index contributed by atoms with van der Waals surface area (Å²) in [5.74, 6) is -1.22. The second-order valence-electron chi connectivity index (χ2n) is 4.23. The second kappa shape index (κ2) is 6.45. The van der Waals surface area contributed by atoms with Crippen LogP contribution in [0.3, 0.4) is 0 Å². The predicted molar refractivity (Wildman–Crippen MR) is 83.6 cm³/mol. The number of ketones is 1. The van der Waals surface area contributed by atoms with Crippen LogP contribution < -0.4 is 4.74 Å². The van der Waals surface area contributed by atoms with Crippen molar-refractivity contribution in [3.05, 3.63) is 69.9 Å². The number of Topliss-reactive ketones (excluding diaryl/α,β-unsaturated/α-hetero) is 1. The summed E-state index contributed by atoms with van der Waals surface area (Å²) in [5, 5.41) is 20.0. The minimum atomic E-state index is -0.702. The van der Waals surface area contributed by atoms with Crippen molar-refractivity contribution in [3.63, 3.8) is 0 Å². The number of rotatable bonds is 4. The van der Waals surface area contributed by atoms with Crippen LogP contribution in [0.5, 0.6) is 5.75 Å². The highest BCUT2D eigenvalue weighted by Crippen LogP contribution is 2.23. The summed E-state index contributed by atoms with van der Waals surface area (Å²) in [6.45, 7) is 0. The largest absolute Gasteiger partial charge is 0.504 e. The first-order chi connectivity index (χ1) is 10.0. The number of carbonyl (C=O) groups is 1. The highest BCUT2D eigenvalue weighted by Gasteiger charge is 2.19. The number of halogens is 1. The summed E-state index contributed by atoms with van der Waals surface area (Å²) in [7, 11) is 1.53. The minimum Gasteiger partial charge on any atom is -0.504 e. The highest BCUT2D eigenvalue weighted by atomic mass is 79.9. The lowest BCUT2D eigenvalue weighted by atomic mass is 10.1. The van der Waals surface area contributed by atoms with Crippen molar-refractivity contribution < 1.29 is 19.7 Å². The van der Waals surface area contributed by atoms with E-state index in [1.165, 1.54) is 7.11 Å². The molecule has 0 bridgehead atoms. The zero-order valence-corrected chi connectivity index (χ0v) is 12.8. The molecule has 0 aliphatic carbocycles. The number of aliphatic hydroxyl groups is 2. The van der Waals surface area contributed by atoms with Gasteiger partial charge in [0.25, 0.3) is 0 Å². The molecule has 0 unspecified atom stereocenters. The monoisotopic (exact) mass is 348 g/mol. The van der Waals surface area contributed by atoms with E-state index in [1.807, 2.05) is 0 Å². The molecule has 0 saturated carbocycles. The van der Waals surface area contributed by atoms with Crippen LogP contribution in [-0.2, 0) is 0 Å². The third-order valence-electron chi connectivity index (χ3n) is 2.92. The Balaban J connectivity index is 2.37. The minimum absolute atomic E-state index is 0.273. The highest BCUT2D eigenvalue weighted by molar-refractivity contribution is 9.10. The number of allylic oxidation sites excluding steroid dienone is 1. The maximum atomic E-state index is 12.2. The van der Waals surface area contributed by atoms with Gasteiger partial charge in [-0.25, -0.2) is 0 Å². The zero-order valence-electron chi connectivity index (χ0n) is 11.2. The average molecular weight is 349 g/mol. The number of carbonyl (C=O) groups excluding carboxylic acids is 1. The van der Waals surface area contributed by atoms with Crippen molar-refractivity contribution in [3.8, 4) is 5.75 Å². The fourth-order valence-electron chi connectivity index (χ4n) is 1.77. The van der Waals surface area contributed by atoms with E-state index in [4.69, 9.17) is 4.74 Å². The molecule has 21 heavy (non-hydrogen) atoms. The fourth-order valence-corrected chi connectivity index (χ4v) is 2.23. The Morgan fingerprint density at radius 2 is 1.67 bits per heavy atom. The molecule has 0 atom stereocenters. The van der Waals surface area contributed by atoms with Crippen LogP contribution in [0.1, 0.15) is 15.9 Å². The standard InChI is InChI=1S/C16H13BrO4/c1-21-11-8-6-10(7-9-11)14(18)16(20)15(19)12-4-2-3-5-13(12)17/h2-9,18,20H,1H3/b16-14+. The number of aliphatic hydroxyl groups excluding tert-OH is 2. The van der Waals surface area contributed by atoms with Gasteiger partial charge in [-0.15, -0.1) is 0 Å². The van der Waals surface area contributed by atoms with Gasteiger partial charge in [0.2, 0.25) is 11.5 Å². The lowest BCUT2D eigenvalue weighted by Crippen LogP contribution is -2.06. The van der Waals surface area contributed by atoms with Gasteiger partial charge < -0.3 is 14.9 Å². The molecule has 0 saturated heterocycles. The van der Waals surface area contributed by atoms with E-state index in [-0.39, 0.29) is 5.56 Å². The van der Waals surface area contributed by atoms with Crippen LogP contribution >= 0.6 is 15.9 Å². The third kappa shape index (κ3) is 3.25. The number of benzene rings is 2. The lowest BCUT2D eigenvalue weighted by Gasteiger charge is -2.07. The number of methoxy groups -OCH3 is 1. The number of ether oxygens (including phenoxy) is 1. The third-order valence-corrected chi connectivity index (χ3v) is 3.61. The van der Waals surface area contributed by atoms with Gasteiger partial charge in [-0.3, -0.25) is 4.79 Å². The quantitative estimate of drug-likeness (QED) is 0.495. The van der Waals surface area contributed by atoms with E-state index >= 15 is 0 Å². The first-order valence-corrected chi connectivity index (χ1v) is 6.89. The van der Waals surface area contributed by atoms with E-state index < -0.39 is 17.3 Å². The molecule has 108 valence electrons. The summed E-state index contributed by atoms with van der Waals surface area (Å²) in [4.78, 5) is 12.2. The summed E-state index contributed by atoms with van der Waals surface area (Å²) < 4.78 is 5.55. The molecule has 2 N–H and O–H groups in total. The van der Waals surface area contributed by atoms with E-state index in [0.29, 0.717) is 15.8 Å². The molecule has 0 fully saturated rings. The molecule has 0 heterocycles. The van der Waals surface area contributed by atoms with Crippen LogP contribution in [0.2, 0.25) is 0 Å². The Bertz CT molecular complexity index is 690. The van der Waals surface area contributed by atoms with Crippen LogP contribution in [0.4, 0.5) is 0 Å². The predicted octanol–water partition coefficient (Wildman–Crippen LogP) is 4.13. The van der Waals surface area contributed by atoms with Gasteiger partial charge in [0, 0.05) is 15.6 Å². The Kier molecular flexibility index (Phi) is 4.65. The van der Waals surface area contributed by atoms with E-state index in [2.05, 4.69) is 15.9 Å². The maximum Gasteiger partial charge on any atom is 0.232 e. The second-order valence-corrected chi connectivity index (χ2v) is 5.09. The normalized spacial score (nSPS) is 11.7. The molecule has 4 nitrogen and oxygen atoms in total. The number of hydrogen-bond donors (Lipinski definition) is 2. The van der Waals surface area contributed by atoms with Gasteiger partial charge in [-0.1, -0.05) is 28.1 Å². The Hall–Kier alpha value is -2.27. The molecule has 2 aromatic carbocycles. The van der Waals surface area contributed by atoms with Crippen LogP contribution in [0.25, 0.3) is 5.76 Å². The molecule has 0 aromatic heterocycles. The van der Waals surface area contributed by atoms with Gasteiger partial charge in [-0.2, -0.15) is 0 Å². The Morgan fingerprint density at radius 1 is 1.05 bits per heavy atom. The molecular formula is C16H13BrO4. The first kappa shape index (κ1) is 15.1. The molecular weight excluding hydrogens is 336 g/mol. The van der Waals surface area contributed by atoms with E-state index in [0.717, 1.165) is 0 Å². The Labute approximate surface area is 130 Å². The van der Waals surface area contributed by atoms with Crippen molar-refractivity contribution in [1.82, 2.24) is 0 Å².